The molecule has 0 amide bonds. The van der Waals surface area contributed by atoms with Crippen LogP contribution in [0.5, 0.6) is 5.75 Å². The van der Waals surface area contributed by atoms with Gasteiger partial charge >= 0.3 is 0 Å². The first-order valence-electron chi connectivity index (χ1n) is 7.93. The molecule has 0 radical (unpaired) electrons. The third kappa shape index (κ3) is 3.67. The summed E-state index contributed by atoms with van der Waals surface area (Å²) in [6.07, 6.45) is 0. The smallest absolute Gasteiger partial charge is 0.147 e. The average molecular weight is 393 g/mol. The van der Waals surface area contributed by atoms with E-state index in [9.17, 15) is 0 Å². The van der Waals surface area contributed by atoms with E-state index in [1.54, 1.807) is 17.4 Å². The molecule has 0 aliphatic heterocycles. The number of ether oxygens (including phenoxy) is 1. The van der Waals surface area contributed by atoms with Crippen molar-refractivity contribution < 1.29 is 4.74 Å². The van der Waals surface area contributed by atoms with Gasteiger partial charge in [0.2, 0.25) is 0 Å². The largest absolute Gasteiger partial charge is 0.492 e. The molecular weight excluding hydrogens is 375 g/mol. The molecule has 0 aliphatic rings. The molecule has 1 heterocycles. The van der Waals surface area contributed by atoms with Crippen LogP contribution in [-0.4, -0.2) is 11.6 Å². The van der Waals surface area contributed by atoms with E-state index < -0.39 is 0 Å². The van der Waals surface area contributed by atoms with Crippen LogP contribution in [0, 0.1) is 6.92 Å². The van der Waals surface area contributed by atoms with E-state index >= 15 is 0 Å². The maximum absolute atomic E-state index is 6.34. The van der Waals surface area contributed by atoms with Crippen LogP contribution in [-0.2, 0) is 6.54 Å². The van der Waals surface area contributed by atoms with Gasteiger partial charge < -0.3 is 10.5 Å². The van der Waals surface area contributed by atoms with Crippen molar-refractivity contribution in [3.63, 3.8) is 0 Å². The Bertz CT molecular complexity index is 908. The van der Waals surface area contributed by atoms with Gasteiger partial charge in [-0.1, -0.05) is 47.5 Å². The van der Waals surface area contributed by atoms with Crippen LogP contribution >= 0.6 is 34.5 Å². The highest BCUT2D eigenvalue weighted by Gasteiger charge is 2.19. The Morgan fingerprint density at radius 1 is 1.16 bits per heavy atom. The summed E-state index contributed by atoms with van der Waals surface area (Å²) in [4.78, 5) is 5.92. The minimum atomic E-state index is 0.470. The van der Waals surface area contributed by atoms with E-state index in [-0.39, 0.29) is 0 Å². The summed E-state index contributed by atoms with van der Waals surface area (Å²) in [6, 6.07) is 11.6. The first kappa shape index (κ1) is 18.2. The van der Waals surface area contributed by atoms with E-state index in [0.29, 0.717) is 28.9 Å². The summed E-state index contributed by atoms with van der Waals surface area (Å²) in [5, 5.41) is 1.97. The number of hydrogen-bond acceptors (Lipinski definition) is 4. The second-order valence-corrected chi connectivity index (χ2v) is 7.53. The second-order valence-electron chi connectivity index (χ2n) is 5.48. The molecule has 0 saturated heterocycles. The predicted molar refractivity (Wildman–Crippen MR) is 107 cm³/mol. The number of benzene rings is 2. The summed E-state index contributed by atoms with van der Waals surface area (Å²) in [5.74, 6) is 0.612. The van der Waals surface area contributed by atoms with Gasteiger partial charge in [0.1, 0.15) is 10.8 Å². The Balaban J connectivity index is 2.16. The van der Waals surface area contributed by atoms with E-state index in [4.69, 9.17) is 38.7 Å². The molecule has 0 saturated carbocycles. The fourth-order valence-corrected chi connectivity index (χ4v) is 4.23. The second kappa shape index (κ2) is 7.75. The van der Waals surface area contributed by atoms with Crippen molar-refractivity contribution in [1.82, 2.24) is 4.98 Å². The monoisotopic (exact) mass is 392 g/mol. The fraction of sp³-hybridized carbons (Fsp3) is 0.211. The van der Waals surface area contributed by atoms with Gasteiger partial charge in [-0.2, -0.15) is 0 Å². The van der Waals surface area contributed by atoms with Crippen LogP contribution in [0.4, 0.5) is 0 Å². The first-order valence-corrected chi connectivity index (χ1v) is 9.50. The SMILES string of the molecule is CCOc1c(Cl)cc(Cl)cc1-c1nc(-c2ccccc2CN)sc1C. The number of halogens is 2. The Morgan fingerprint density at radius 3 is 2.64 bits per heavy atom. The molecule has 0 unspecified atom stereocenters. The van der Waals surface area contributed by atoms with Crippen molar-refractivity contribution in [2.45, 2.75) is 20.4 Å². The Hall–Kier alpha value is -1.59. The third-order valence-electron chi connectivity index (χ3n) is 3.82. The summed E-state index contributed by atoms with van der Waals surface area (Å²) in [5.41, 5.74) is 9.63. The van der Waals surface area contributed by atoms with Gasteiger partial charge in [0.25, 0.3) is 0 Å². The van der Waals surface area contributed by atoms with Crippen LogP contribution in [0.3, 0.4) is 0 Å². The Labute approximate surface area is 161 Å². The normalized spacial score (nSPS) is 10.9. The van der Waals surface area contributed by atoms with Crippen LogP contribution in [0.15, 0.2) is 36.4 Å². The summed E-state index contributed by atoms with van der Waals surface area (Å²) < 4.78 is 5.75. The molecule has 0 aliphatic carbocycles. The maximum Gasteiger partial charge on any atom is 0.147 e. The standard InChI is InChI=1S/C19H18Cl2N2OS/c1-3-24-18-15(8-13(20)9-16(18)21)17-11(2)25-19(23-17)14-7-5-4-6-12(14)10-22/h4-9H,3,10,22H2,1-2H3. The molecule has 6 heteroatoms. The zero-order chi connectivity index (χ0) is 18.0. The van der Waals surface area contributed by atoms with E-state index in [0.717, 1.165) is 32.3 Å². The molecule has 3 nitrogen and oxygen atoms in total. The van der Waals surface area contributed by atoms with Crippen molar-refractivity contribution >= 4 is 34.5 Å². The summed E-state index contributed by atoms with van der Waals surface area (Å²) >= 11 is 14.2. The van der Waals surface area contributed by atoms with Gasteiger partial charge in [0, 0.05) is 27.6 Å². The number of thiazole rings is 1. The molecule has 1 aromatic heterocycles. The van der Waals surface area contributed by atoms with E-state index in [1.165, 1.54) is 0 Å². The molecule has 0 atom stereocenters. The zero-order valence-electron chi connectivity index (χ0n) is 14.0. The number of hydrogen-bond donors (Lipinski definition) is 1. The minimum absolute atomic E-state index is 0.470. The van der Waals surface area contributed by atoms with Gasteiger partial charge in [0.15, 0.2) is 0 Å². The highest BCUT2D eigenvalue weighted by molar-refractivity contribution is 7.15. The van der Waals surface area contributed by atoms with Gasteiger partial charge in [-0.25, -0.2) is 4.98 Å². The molecule has 0 fully saturated rings. The number of nitrogens with two attached hydrogens (primary N) is 1. The molecular formula is C19H18Cl2N2OS. The van der Waals surface area contributed by atoms with Crippen LogP contribution in [0.25, 0.3) is 21.8 Å². The number of rotatable bonds is 5. The highest BCUT2D eigenvalue weighted by atomic mass is 35.5. The number of nitrogens with zero attached hydrogens (tertiary/aromatic N) is 1. The van der Waals surface area contributed by atoms with E-state index in [2.05, 4.69) is 0 Å². The molecule has 2 aromatic carbocycles. The van der Waals surface area contributed by atoms with Gasteiger partial charge in [-0.3, -0.25) is 0 Å². The maximum atomic E-state index is 6.34. The highest BCUT2D eigenvalue weighted by Crippen LogP contribution is 2.42. The third-order valence-corrected chi connectivity index (χ3v) is 5.32. The first-order chi connectivity index (χ1) is 12.0. The topological polar surface area (TPSA) is 48.1 Å². The molecule has 3 rings (SSSR count). The molecule has 2 N–H and O–H groups in total. The van der Waals surface area contributed by atoms with Crippen LogP contribution in [0.2, 0.25) is 10.0 Å². The van der Waals surface area contributed by atoms with Gasteiger partial charge in [0.05, 0.1) is 17.3 Å². The van der Waals surface area contributed by atoms with Crippen LogP contribution < -0.4 is 10.5 Å². The molecule has 130 valence electrons. The number of aromatic nitrogens is 1. The zero-order valence-corrected chi connectivity index (χ0v) is 16.3. The molecule has 0 bridgehead atoms. The van der Waals surface area contributed by atoms with Crippen molar-refractivity contribution in [3.05, 3.63) is 56.9 Å². The lowest BCUT2D eigenvalue weighted by atomic mass is 10.1. The van der Waals surface area contributed by atoms with Gasteiger partial charge in [-0.05, 0) is 31.5 Å². The minimum Gasteiger partial charge on any atom is -0.492 e. The molecule has 25 heavy (non-hydrogen) atoms. The lowest BCUT2D eigenvalue weighted by Gasteiger charge is -2.12. The average Bonchev–Trinajstić information content (AvgIpc) is 2.98. The van der Waals surface area contributed by atoms with Crippen LogP contribution in [0.1, 0.15) is 17.4 Å². The molecule has 0 spiro atoms. The lowest BCUT2D eigenvalue weighted by Crippen LogP contribution is -1.98. The van der Waals surface area contributed by atoms with E-state index in [1.807, 2.05) is 44.2 Å². The lowest BCUT2D eigenvalue weighted by molar-refractivity contribution is 0.342. The van der Waals surface area contributed by atoms with Crippen molar-refractivity contribution in [1.29, 1.82) is 0 Å². The predicted octanol–water partition coefficient (Wildman–Crippen LogP) is 5.95. The number of aryl methyl sites for hydroxylation is 1. The Morgan fingerprint density at radius 2 is 1.92 bits per heavy atom. The Kier molecular flexibility index (Phi) is 5.64. The fourth-order valence-electron chi connectivity index (χ4n) is 2.70. The van der Waals surface area contributed by atoms with Gasteiger partial charge in [-0.15, -0.1) is 11.3 Å². The molecule has 3 aromatic rings. The quantitative estimate of drug-likeness (QED) is 0.583. The summed E-state index contributed by atoms with van der Waals surface area (Å²) in [7, 11) is 0. The van der Waals surface area contributed by atoms with Crippen molar-refractivity contribution in [2.24, 2.45) is 5.73 Å². The van der Waals surface area contributed by atoms with Crippen molar-refractivity contribution in [3.8, 4) is 27.6 Å². The van der Waals surface area contributed by atoms with Crippen molar-refractivity contribution in [2.75, 3.05) is 6.61 Å². The summed E-state index contributed by atoms with van der Waals surface area (Å²) in [6.45, 7) is 4.94.